The third-order valence-corrected chi connectivity index (χ3v) is 3.80. The van der Waals surface area contributed by atoms with E-state index in [0.29, 0.717) is 17.7 Å². The van der Waals surface area contributed by atoms with Crippen molar-refractivity contribution in [3.8, 4) is 0 Å². The Balaban J connectivity index is 0.00000256. The Labute approximate surface area is 112 Å². The van der Waals surface area contributed by atoms with Crippen LogP contribution in [0.15, 0.2) is 0 Å². The predicted molar refractivity (Wildman–Crippen MR) is 74.6 cm³/mol. The molecule has 0 radical (unpaired) electrons. The van der Waals surface area contributed by atoms with E-state index in [2.05, 4.69) is 24.1 Å². The third kappa shape index (κ3) is 5.26. The molecular formula is C13H27ClN2O. The minimum Gasteiger partial charge on any atom is -0.342 e. The van der Waals surface area contributed by atoms with Gasteiger partial charge in [0.25, 0.3) is 0 Å². The van der Waals surface area contributed by atoms with Crippen molar-refractivity contribution in [1.29, 1.82) is 0 Å². The first-order valence-electron chi connectivity index (χ1n) is 6.54. The molecule has 1 amide bonds. The molecule has 0 aromatic heterocycles. The SMILES string of the molecule is CCC1(C)CCCN(C(=O)CCCNC)C1.Cl. The topological polar surface area (TPSA) is 32.3 Å². The fourth-order valence-electron chi connectivity index (χ4n) is 2.39. The summed E-state index contributed by atoms with van der Waals surface area (Å²) in [5, 5.41) is 3.08. The molecule has 1 heterocycles. The van der Waals surface area contributed by atoms with Gasteiger partial charge in [0.15, 0.2) is 0 Å². The van der Waals surface area contributed by atoms with Crippen LogP contribution in [-0.4, -0.2) is 37.5 Å². The Morgan fingerprint density at radius 1 is 1.47 bits per heavy atom. The quantitative estimate of drug-likeness (QED) is 0.772. The van der Waals surface area contributed by atoms with E-state index in [4.69, 9.17) is 0 Å². The largest absolute Gasteiger partial charge is 0.342 e. The number of carbonyl (C=O) groups is 1. The van der Waals surface area contributed by atoms with E-state index in [1.165, 1.54) is 19.3 Å². The molecule has 17 heavy (non-hydrogen) atoms. The lowest BCUT2D eigenvalue weighted by atomic mass is 9.79. The highest BCUT2D eigenvalue weighted by atomic mass is 35.5. The highest BCUT2D eigenvalue weighted by Gasteiger charge is 2.31. The normalized spacial score (nSPS) is 24.3. The van der Waals surface area contributed by atoms with Gasteiger partial charge < -0.3 is 10.2 Å². The van der Waals surface area contributed by atoms with Crippen molar-refractivity contribution in [2.45, 2.75) is 46.0 Å². The summed E-state index contributed by atoms with van der Waals surface area (Å²) in [7, 11) is 1.93. The Hall–Kier alpha value is -0.280. The number of carbonyl (C=O) groups excluding carboxylic acids is 1. The molecule has 1 unspecified atom stereocenters. The van der Waals surface area contributed by atoms with Crippen molar-refractivity contribution in [2.24, 2.45) is 5.41 Å². The van der Waals surface area contributed by atoms with Gasteiger partial charge in [-0.15, -0.1) is 12.4 Å². The summed E-state index contributed by atoms with van der Waals surface area (Å²) < 4.78 is 0. The van der Waals surface area contributed by atoms with Gasteiger partial charge in [-0.3, -0.25) is 4.79 Å². The van der Waals surface area contributed by atoms with Gasteiger partial charge in [-0.05, 0) is 44.7 Å². The van der Waals surface area contributed by atoms with E-state index in [1.54, 1.807) is 0 Å². The van der Waals surface area contributed by atoms with Gasteiger partial charge in [0.05, 0.1) is 0 Å². The molecule has 0 bridgehead atoms. The molecule has 3 nitrogen and oxygen atoms in total. The van der Waals surface area contributed by atoms with E-state index in [9.17, 15) is 4.79 Å². The van der Waals surface area contributed by atoms with Crippen molar-refractivity contribution in [2.75, 3.05) is 26.7 Å². The molecule has 0 aromatic rings. The lowest BCUT2D eigenvalue weighted by molar-refractivity contribution is -0.134. The van der Waals surface area contributed by atoms with Crippen LogP contribution in [0, 0.1) is 5.41 Å². The number of hydrogen-bond acceptors (Lipinski definition) is 2. The lowest BCUT2D eigenvalue weighted by Gasteiger charge is -2.40. The molecule has 4 heteroatoms. The fraction of sp³-hybridized carbons (Fsp3) is 0.923. The minimum atomic E-state index is 0. The van der Waals surface area contributed by atoms with Crippen LogP contribution in [0.1, 0.15) is 46.0 Å². The van der Waals surface area contributed by atoms with Gasteiger partial charge in [-0.25, -0.2) is 0 Å². The Bertz CT molecular complexity index is 235. The Morgan fingerprint density at radius 2 is 2.18 bits per heavy atom. The molecule has 1 atom stereocenters. The number of nitrogens with zero attached hydrogens (tertiary/aromatic N) is 1. The number of hydrogen-bond donors (Lipinski definition) is 1. The number of halogens is 1. The first kappa shape index (κ1) is 16.7. The van der Waals surface area contributed by atoms with E-state index in [0.717, 1.165) is 26.1 Å². The molecule has 1 rings (SSSR count). The molecule has 0 spiro atoms. The Kier molecular flexibility index (Phi) is 7.80. The maximum absolute atomic E-state index is 12.0. The second kappa shape index (κ2) is 7.93. The minimum absolute atomic E-state index is 0. The standard InChI is InChI=1S/C13H26N2O.ClH/c1-4-13(2)8-6-10-15(11-13)12(16)7-5-9-14-3;/h14H,4-11H2,1-3H3;1H. The Morgan fingerprint density at radius 3 is 2.76 bits per heavy atom. The first-order valence-corrected chi connectivity index (χ1v) is 6.54. The summed E-state index contributed by atoms with van der Waals surface area (Å²) >= 11 is 0. The van der Waals surface area contributed by atoms with Crippen LogP contribution in [-0.2, 0) is 4.79 Å². The van der Waals surface area contributed by atoms with Crippen LogP contribution in [0.3, 0.4) is 0 Å². The fourth-order valence-corrected chi connectivity index (χ4v) is 2.39. The van der Waals surface area contributed by atoms with Crippen molar-refractivity contribution in [3.63, 3.8) is 0 Å². The van der Waals surface area contributed by atoms with Gasteiger partial charge in [0.1, 0.15) is 0 Å². The number of nitrogens with one attached hydrogen (secondary N) is 1. The maximum atomic E-state index is 12.0. The van der Waals surface area contributed by atoms with Gasteiger partial charge >= 0.3 is 0 Å². The molecular weight excluding hydrogens is 236 g/mol. The summed E-state index contributed by atoms with van der Waals surface area (Å²) in [6.07, 6.45) is 5.26. The molecule has 1 saturated heterocycles. The smallest absolute Gasteiger partial charge is 0.222 e. The molecule has 1 fully saturated rings. The number of amides is 1. The second-order valence-corrected chi connectivity index (χ2v) is 5.29. The molecule has 1 aliphatic heterocycles. The average Bonchev–Trinajstić information content (AvgIpc) is 2.29. The molecule has 0 aliphatic carbocycles. The molecule has 1 N–H and O–H groups in total. The van der Waals surface area contributed by atoms with Crippen LogP contribution < -0.4 is 5.32 Å². The molecule has 0 saturated carbocycles. The second-order valence-electron chi connectivity index (χ2n) is 5.29. The third-order valence-electron chi connectivity index (χ3n) is 3.80. The van der Waals surface area contributed by atoms with Gasteiger partial charge in [0.2, 0.25) is 5.91 Å². The van der Waals surface area contributed by atoms with Crippen molar-refractivity contribution in [3.05, 3.63) is 0 Å². The molecule has 0 aromatic carbocycles. The summed E-state index contributed by atoms with van der Waals surface area (Å²) in [5.74, 6) is 0.342. The van der Waals surface area contributed by atoms with Gasteiger partial charge in [0, 0.05) is 19.5 Å². The summed E-state index contributed by atoms with van der Waals surface area (Å²) in [5.41, 5.74) is 0.358. The van der Waals surface area contributed by atoms with E-state index >= 15 is 0 Å². The average molecular weight is 263 g/mol. The summed E-state index contributed by atoms with van der Waals surface area (Å²) in [4.78, 5) is 14.0. The monoisotopic (exact) mass is 262 g/mol. The molecule has 102 valence electrons. The zero-order chi connectivity index (χ0) is 12.0. The van der Waals surface area contributed by atoms with Crippen LogP contribution in [0.4, 0.5) is 0 Å². The molecule has 1 aliphatic rings. The van der Waals surface area contributed by atoms with Crippen molar-refractivity contribution >= 4 is 18.3 Å². The van der Waals surface area contributed by atoms with Gasteiger partial charge in [-0.2, -0.15) is 0 Å². The van der Waals surface area contributed by atoms with Crippen LogP contribution in [0.5, 0.6) is 0 Å². The predicted octanol–water partition coefficient (Wildman–Crippen LogP) is 2.45. The number of rotatable bonds is 5. The maximum Gasteiger partial charge on any atom is 0.222 e. The number of piperidine rings is 1. The van der Waals surface area contributed by atoms with Crippen LogP contribution in [0.25, 0.3) is 0 Å². The van der Waals surface area contributed by atoms with E-state index in [-0.39, 0.29) is 12.4 Å². The summed E-state index contributed by atoms with van der Waals surface area (Å²) in [6, 6.07) is 0. The highest BCUT2D eigenvalue weighted by molar-refractivity contribution is 5.85. The zero-order valence-electron chi connectivity index (χ0n) is 11.4. The van der Waals surface area contributed by atoms with Crippen LogP contribution >= 0.6 is 12.4 Å². The van der Waals surface area contributed by atoms with Gasteiger partial charge in [-0.1, -0.05) is 13.8 Å². The van der Waals surface area contributed by atoms with Crippen LogP contribution in [0.2, 0.25) is 0 Å². The number of likely N-dealkylation sites (tertiary alicyclic amines) is 1. The first-order chi connectivity index (χ1) is 7.61. The highest BCUT2D eigenvalue weighted by Crippen LogP contribution is 2.32. The van der Waals surface area contributed by atoms with E-state index in [1.807, 2.05) is 7.05 Å². The lowest BCUT2D eigenvalue weighted by Crippen LogP contribution is -2.44. The van der Waals surface area contributed by atoms with Crippen molar-refractivity contribution in [1.82, 2.24) is 10.2 Å². The van der Waals surface area contributed by atoms with E-state index < -0.39 is 0 Å². The summed E-state index contributed by atoms with van der Waals surface area (Å²) in [6.45, 7) is 7.40. The zero-order valence-corrected chi connectivity index (χ0v) is 12.2. The van der Waals surface area contributed by atoms with Crippen molar-refractivity contribution < 1.29 is 4.79 Å².